The van der Waals surface area contributed by atoms with Crippen LogP contribution in [0.15, 0.2) is 114 Å². The van der Waals surface area contributed by atoms with Crippen LogP contribution in [-0.4, -0.2) is 68.8 Å². The van der Waals surface area contributed by atoms with Gasteiger partial charge in [0.2, 0.25) is 0 Å². The van der Waals surface area contributed by atoms with Gasteiger partial charge in [0.1, 0.15) is 17.1 Å². The second-order valence-electron chi connectivity index (χ2n) is 14.2. The van der Waals surface area contributed by atoms with Gasteiger partial charge in [-0.2, -0.15) is 0 Å². The predicted molar refractivity (Wildman–Crippen MR) is 211 cm³/mol. The van der Waals surface area contributed by atoms with Crippen LogP contribution in [-0.2, 0) is 10.3 Å². The van der Waals surface area contributed by atoms with Gasteiger partial charge < -0.3 is 24.6 Å². The van der Waals surface area contributed by atoms with Gasteiger partial charge in [-0.3, -0.25) is 0 Å². The standard InChI is InChI=1S/C43H46N6O4S/c1-4-23-54-42-45-40(44-36-26-35(36)29-11-7-5-8-12-29)39-41(46-42)49(48-47-39)37-24-28(25-38(37)50)27-53-43(30-13-9-6-10-14-30,31-15-19-33(51-2)20-16-31)32-17-21-34(52-3)22-18-32/h5-22,28,35-38,50H,4,23-27H2,1-3H3,(H,44,45,46). The van der Waals surface area contributed by atoms with Crippen molar-refractivity contribution in [3.63, 3.8) is 0 Å². The van der Waals surface area contributed by atoms with Crippen LogP contribution < -0.4 is 14.8 Å². The van der Waals surface area contributed by atoms with E-state index in [9.17, 15) is 5.11 Å². The van der Waals surface area contributed by atoms with Gasteiger partial charge in [-0.05, 0) is 78.1 Å². The Balaban J connectivity index is 1.09. The number of aliphatic hydroxyl groups is 1. The van der Waals surface area contributed by atoms with Crippen molar-refractivity contribution in [3.8, 4) is 11.5 Å². The second kappa shape index (κ2) is 15.8. The van der Waals surface area contributed by atoms with Crippen LogP contribution in [0.4, 0.5) is 5.82 Å². The first-order valence-corrected chi connectivity index (χ1v) is 19.7. The maximum atomic E-state index is 11.6. The molecule has 0 bridgehead atoms. The number of hydrogen-bond acceptors (Lipinski definition) is 10. The Bertz CT molecular complexity index is 2100. The number of nitrogens with zero attached hydrogens (tertiary/aromatic N) is 5. The maximum absolute atomic E-state index is 11.6. The lowest BCUT2D eigenvalue weighted by Gasteiger charge is -2.37. The molecule has 2 saturated carbocycles. The van der Waals surface area contributed by atoms with Gasteiger partial charge in [0, 0.05) is 17.7 Å². The molecule has 0 spiro atoms. The Kier molecular flexibility index (Phi) is 10.5. The number of aliphatic hydroxyl groups excluding tert-OH is 1. The minimum Gasteiger partial charge on any atom is -0.497 e. The topological polar surface area (TPSA) is 116 Å². The van der Waals surface area contributed by atoms with Crippen molar-refractivity contribution >= 4 is 28.7 Å². The van der Waals surface area contributed by atoms with Crippen LogP contribution in [0.2, 0.25) is 0 Å². The number of aromatic nitrogens is 5. The molecule has 10 nitrogen and oxygen atoms in total. The highest BCUT2D eigenvalue weighted by molar-refractivity contribution is 7.99. The van der Waals surface area contributed by atoms with E-state index in [4.69, 9.17) is 24.2 Å². The predicted octanol–water partition coefficient (Wildman–Crippen LogP) is 8.03. The smallest absolute Gasteiger partial charge is 0.191 e. The molecule has 5 atom stereocenters. The third-order valence-corrected chi connectivity index (χ3v) is 11.7. The largest absolute Gasteiger partial charge is 0.497 e. The molecule has 2 aromatic heterocycles. The molecule has 278 valence electrons. The number of methoxy groups -OCH3 is 2. The molecule has 2 aliphatic carbocycles. The monoisotopic (exact) mass is 742 g/mol. The van der Waals surface area contributed by atoms with E-state index in [2.05, 4.69) is 83.2 Å². The summed E-state index contributed by atoms with van der Waals surface area (Å²) in [6, 6.07) is 36.9. The molecule has 4 aromatic carbocycles. The number of rotatable bonds is 15. The maximum Gasteiger partial charge on any atom is 0.191 e. The number of ether oxygens (including phenoxy) is 3. The third-order valence-electron chi connectivity index (χ3n) is 10.7. The van der Waals surface area contributed by atoms with Crippen molar-refractivity contribution < 1.29 is 19.3 Å². The Morgan fingerprint density at radius 3 is 2.06 bits per heavy atom. The lowest BCUT2D eigenvalue weighted by molar-refractivity contribution is -0.00922. The summed E-state index contributed by atoms with van der Waals surface area (Å²) in [5.41, 5.74) is 4.58. The van der Waals surface area contributed by atoms with Gasteiger partial charge in [-0.25, -0.2) is 14.6 Å². The van der Waals surface area contributed by atoms with E-state index in [1.165, 1.54) is 5.56 Å². The van der Waals surface area contributed by atoms with Crippen LogP contribution in [0.5, 0.6) is 11.5 Å². The van der Waals surface area contributed by atoms with Gasteiger partial charge in [0.25, 0.3) is 0 Å². The van der Waals surface area contributed by atoms with Crippen LogP contribution >= 0.6 is 11.8 Å². The Morgan fingerprint density at radius 1 is 0.796 bits per heavy atom. The summed E-state index contributed by atoms with van der Waals surface area (Å²) in [7, 11) is 3.34. The van der Waals surface area contributed by atoms with Crippen molar-refractivity contribution in [3.05, 3.63) is 131 Å². The molecule has 0 saturated heterocycles. The summed E-state index contributed by atoms with van der Waals surface area (Å²) in [6.07, 6.45) is 2.59. The van der Waals surface area contributed by atoms with E-state index in [0.717, 1.165) is 46.8 Å². The lowest BCUT2D eigenvalue weighted by atomic mass is 9.80. The fourth-order valence-corrected chi connectivity index (χ4v) is 8.49. The highest BCUT2D eigenvalue weighted by Gasteiger charge is 2.43. The Labute approximate surface area is 320 Å². The van der Waals surface area contributed by atoms with E-state index in [0.29, 0.717) is 47.5 Å². The van der Waals surface area contributed by atoms with Crippen molar-refractivity contribution in [2.24, 2.45) is 5.92 Å². The summed E-state index contributed by atoms with van der Waals surface area (Å²) >= 11 is 1.63. The minimum atomic E-state index is -0.942. The number of hydrogen-bond donors (Lipinski definition) is 2. The van der Waals surface area contributed by atoms with E-state index in [-0.39, 0.29) is 18.0 Å². The summed E-state index contributed by atoms with van der Waals surface area (Å²) in [5.74, 6) is 3.60. The van der Waals surface area contributed by atoms with E-state index >= 15 is 0 Å². The van der Waals surface area contributed by atoms with Gasteiger partial charge in [0.05, 0.1) is 33.0 Å². The highest BCUT2D eigenvalue weighted by Crippen LogP contribution is 2.46. The number of fused-ring (bicyclic) bond motifs is 1. The quantitative estimate of drug-likeness (QED) is 0.0609. The molecule has 2 aliphatic rings. The zero-order chi connectivity index (χ0) is 37.1. The average molecular weight is 743 g/mol. The fraction of sp³-hybridized carbons (Fsp3) is 0.349. The summed E-state index contributed by atoms with van der Waals surface area (Å²) in [5, 5.41) is 25.2. The van der Waals surface area contributed by atoms with Crippen molar-refractivity contribution in [2.45, 2.75) is 67.5 Å². The molecule has 8 rings (SSSR count). The number of anilines is 1. The number of nitrogens with one attached hydrogen (secondary N) is 1. The number of benzene rings is 4. The van der Waals surface area contributed by atoms with E-state index < -0.39 is 11.7 Å². The van der Waals surface area contributed by atoms with Crippen molar-refractivity contribution in [1.82, 2.24) is 25.0 Å². The van der Waals surface area contributed by atoms with Gasteiger partial charge in [-0.15, -0.1) is 5.10 Å². The molecule has 2 fully saturated rings. The first-order chi connectivity index (χ1) is 26.5. The molecule has 0 amide bonds. The molecule has 2 N–H and O–H groups in total. The summed E-state index contributed by atoms with van der Waals surface area (Å²) in [4.78, 5) is 9.87. The third kappa shape index (κ3) is 7.15. The van der Waals surface area contributed by atoms with Crippen LogP contribution in [0, 0.1) is 5.92 Å². The van der Waals surface area contributed by atoms with Gasteiger partial charge >= 0.3 is 0 Å². The Hall–Kier alpha value is -4.97. The molecule has 2 heterocycles. The van der Waals surface area contributed by atoms with Crippen LogP contribution in [0.1, 0.15) is 66.8 Å². The summed E-state index contributed by atoms with van der Waals surface area (Å²) < 4.78 is 20.1. The Morgan fingerprint density at radius 2 is 1.43 bits per heavy atom. The first kappa shape index (κ1) is 36.0. The molecule has 0 radical (unpaired) electrons. The first-order valence-electron chi connectivity index (χ1n) is 18.7. The zero-order valence-corrected chi connectivity index (χ0v) is 31.7. The van der Waals surface area contributed by atoms with Crippen molar-refractivity contribution in [1.29, 1.82) is 0 Å². The van der Waals surface area contributed by atoms with E-state index in [1.54, 1.807) is 26.0 Å². The van der Waals surface area contributed by atoms with E-state index in [1.807, 2.05) is 53.2 Å². The normalized spacial score (nSPS) is 20.9. The van der Waals surface area contributed by atoms with Gasteiger partial charge in [0.15, 0.2) is 22.1 Å². The molecular weight excluding hydrogens is 697 g/mol. The van der Waals surface area contributed by atoms with Crippen LogP contribution in [0.25, 0.3) is 11.2 Å². The summed E-state index contributed by atoms with van der Waals surface area (Å²) in [6.45, 7) is 2.55. The SMILES string of the molecule is CCCSc1nc(NC2CC2c2ccccc2)c2nnn(C3CC(COC(c4ccccc4)(c4ccc(OC)cc4)c4ccc(OC)cc4)CC3O)c2n1. The molecular formula is C43H46N6O4S. The average Bonchev–Trinajstić information content (AvgIpc) is 3.71. The fourth-order valence-electron chi connectivity index (χ4n) is 7.80. The molecule has 5 unspecified atom stereocenters. The zero-order valence-electron chi connectivity index (χ0n) is 30.8. The highest BCUT2D eigenvalue weighted by atomic mass is 32.2. The molecule has 54 heavy (non-hydrogen) atoms. The molecule has 11 heteroatoms. The van der Waals surface area contributed by atoms with Crippen molar-refractivity contribution in [2.75, 3.05) is 31.9 Å². The molecule has 0 aliphatic heterocycles. The second-order valence-corrected chi connectivity index (χ2v) is 15.3. The number of thioether (sulfide) groups is 1. The minimum absolute atomic E-state index is 0.0373. The van der Waals surface area contributed by atoms with Crippen LogP contribution in [0.3, 0.4) is 0 Å². The molecule has 6 aromatic rings. The van der Waals surface area contributed by atoms with Gasteiger partial charge in [-0.1, -0.05) is 109 Å². The lowest BCUT2D eigenvalue weighted by Crippen LogP contribution is -2.34.